The molecule has 0 aromatic rings. The molecule has 0 saturated carbocycles. The average molecular weight is 219 g/mol. The maximum atomic E-state index is 10.5. The van der Waals surface area contributed by atoms with Crippen molar-refractivity contribution in [2.24, 2.45) is 0 Å². The number of rotatable bonds is 3. The predicted molar refractivity (Wildman–Crippen MR) is 47.2 cm³/mol. The molecule has 62 valence electrons. The highest BCUT2D eigenvalue weighted by Gasteiger charge is 2.05. The highest BCUT2D eigenvalue weighted by atomic mass is 79.9. The summed E-state index contributed by atoms with van der Waals surface area (Å²) in [7, 11) is 0. The number of carbonyl (C=O) groups excluding carboxylic acids is 1. The standard InChI is InChI=1S/C8H11BrO2/c1-3-4-8(5-6-9)11-7(2)10/h8H,3-4H2,1-2H3. The Bertz CT molecular complexity index is 178. The molecule has 3 heteroatoms. The van der Waals surface area contributed by atoms with Gasteiger partial charge in [-0.15, -0.1) is 0 Å². The van der Waals surface area contributed by atoms with Crippen molar-refractivity contribution in [1.29, 1.82) is 0 Å². The second-order valence-electron chi connectivity index (χ2n) is 2.13. The van der Waals surface area contributed by atoms with E-state index in [1.165, 1.54) is 6.92 Å². The smallest absolute Gasteiger partial charge is 0.303 e. The summed E-state index contributed by atoms with van der Waals surface area (Å²) in [5.41, 5.74) is 0. The lowest BCUT2D eigenvalue weighted by atomic mass is 10.2. The fourth-order valence-electron chi connectivity index (χ4n) is 0.684. The van der Waals surface area contributed by atoms with E-state index >= 15 is 0 Å². The third kappa shape index (κ3) is 5.93. The van der Waals surface area contributed by atoms with Crippen LogP contribution in [0.2, 0.25) is 0 Å². The summed E-state index contributed by atoms with van der Waals surface area (Å²) in [6, 6.07) is 0. The predicted octanol–water partition coefficient (Wildman–Crippen LogP) is 2.07. The molecule has 1 unspecified atom stereocenters. The Morgan fingerprint density at radius 2 is 2.36 bits per heavy atom. The Labute approximate surface area is 75.4 Å². The van der Waals surface area contributed by atoms with Gasteiger partial charge in [0.1, 0.15) is 0 Å². The van der Waals surface area contributed by atoms with E-state index in [1.54, 1.807) is 0 Å². The molecule has 0 bridgehead atoms. The summed E-state index contributed by atoms with van der Waals surface area (Å²) in [6.45, 7) is 3.41. The molecule has 0 aliphatic rings. The van der Waals surface area contributed by atoms with Gasteiger partial charge < -0.3 is 4.74 Å². The Morgan fingerprint density at radius 1 is 1.73 bits per heavy atom. The van der Waals surface area contributed by atoms with E-state index in [1.807, 2.05) is 6.92 Å². The van der Waals surface area contributed by atoms with Crippen LogP contribution < -0.4 is 0 Å². The van der Waals surface area contributed by atoms with Gasteiger partial charge in [0.15, 0.2) is 6.10 Å². The quantitative estimate of drug-likeness (QED) is 0.536. The molecule has 0 N–H and O–H groups in total. The minimum Gasteiger partial charge on any atom is -0.449 e. The maximum absolute atomic E-state index is 10.5. The molecule has 0 heterocycles. The number of esters is 1. The van der Waals surface area contributed by atoms with Crippen LogP contribution >= 0.6 is 15.9 Å². The van der Waals surface area contributed by atoms with E-state index in [0.29, 0.717) is 0 Å². The molecular formula is C8H11BrO2. The first kappa shape index (κ1) is 10.5. The van der Waals surface area contributed by atoms with Crippen molar-refractivity contribution in [2.75, 3.05) is 0 Å². The van der Waals surface area contributed by atoms with E-state index in [9.17, 15) is 4.79 Å². The van der Waals surface area contributed by atoms with Gasteiger partial charge in [-0.05, 0) is 17.2 Å². The molecule has 0 aliphatic heterocycles. The molecular weight excluding hydrogens is 208 g/mol. The van der Waals surface area contributed by atoms with Gasteiger partial charge in [-0.25, -0.2) is 0 Å². The second-order valence-corrected chi connectivity index (χ2v) is 2.52. The SMILES string of the molecule is CCCC(C#CBr)OC(C)=O. The first-order chi connectivity index (χ1) is 5.20. The van der Waals surface area contributed by atoms with Gasteiger partial charge in [-0.2, -0.15) is 0 Å². The van der Waals surface area contributed by atoms with E-state index < -0.39 is 0 Å². The van der Waals surface area contributed by atoms with Crippen LogP contribution in [0.15, 0.2) is 0 Å². The maximum Gasteiger partial charge on any atom is 0.303 e. The number of ether oxygens (including phenoxy) is 1. The fourth-order valence-corrected chi connectivity index (χ4v) is 0.939. The summed E-state index contributed by atoms with van der Waals surface area (Å²) < 4.78 is 4.89. The lowest BCUT2D eigenvalue weighted by Crippen LogP contribution is -2.13. The molecule has 0 spiro atoms. The van der Waals surface area contributed by atoms with Gasteiger partial charge in [0.2, 0.25) is 0 Å². The number of halogens is 1. The summed E-state index contributed by atoms with van der Waals surface area (Å²) >= 11 is 2.96. The molecule has 11 heavy (non-hydrogen) atoms. The van der Waals surface area contributed by atoms with Gasteiger partial charge in [0, 0.05) is 22.9 Å². The second kappa shape index (κ2) is 6.23. The van der Waals surface area contributed by atoms with Crippen molar-refractivity contribution < 1.29 is 9.53 Å². The molecule has 0 amide bonds. The number of carbonyl (C=O) groups is 1. The van der Waals surface area contributed by atoms with Crippen LogP contribution in [0.5, 0.6) is 0 Å². The van der Waals surface area contributed by atoms with E-state index in [2.05, 4.69) is 26.7 Å². The highest BCUT2D eigenvalue weighted by molar-refractivity contribution is 9.12. The third-order valence-corrected chi connectivity index (χ3v) is 1.30. The van der Waals surface area contributed by atoms with Crippen LogP contribution in [0.25, 0.3) is 0 Å². The highest BCUT2D eigenvalue weighted by Crippen LogP contribution is 2.01. The molecule has 1 atom stereocenters. The first-order valence-electron chi connectivity index (χ1n) is 3.49. The van der Waals surface area contributed by atoms with Crippen LogP contribution in [0.3, 0.4) is 0 Å². The van der Waals surface area contributed by atoms with Crippen LogP contribution in [-0.2, 0) is 9.53 Å². The summed E-state index contributed by atoms with van der Waals surface area (Å²) in [4.78, 5) is 13.0. The molecule has 0 aromatic carbocycles. The minimum atomic E-state index is -0.279. The third-order valence-electron chi connectivity index (χ3n) is 1.07. The van der Waals surface area contributed by atoms with Crippen molar-refractivity contribution in [3.8, 4) is 10.8 Å². The Balaban J connectivity index is 3.85. The zero-order valence-electron chi connectivity index (χ0n) is 6.69. The topological polar surface area (TPSA) is 26.3 Å². The Kier molecular flexibility index (Phi) is 5.96. The van der Waals surface area contributed by atoms with Gasteiger partial charge >= 0.3 is 5.97 Å². The van der Waals surface area contributed by atoms with Crippen molar-refractivity contribution in [3.05, 3.63) is 0 Å². The summed E-state index contributed by atoms with van der Waals surface area (Å²) in [6.07, 6.45) is 1.49. The van der Waals surface area contributed by atoms with Gasteiger partial charge in [-0.3, -0.25) is 4.79 Å². The molecule has 0 aliphatic carbocycles. The fraction of sp³-hybridized carbons (Fsp3) is 0.625. The monoisotopic (exact) mass is 218 g/mol. The Hall–Kier alpha value is -0.490. The number of hydrogen-bond acceptors (Lipinski definition) is 2. The van der Waals surface area contributed by atoms with Crippen LogP contribution in [-0.4, -0.2) is 12.1 Å². The van der Waals surface area contributed by atoms with E-state index in [0.717, 1.165) is 12.8 Å². The normalized spacial score (nSPS) is 11.2. The molecule has 0 rings (SSSR count). The zero-order valence-corrected chi connectivity index (χ0v) is 8.27. The molecule has 0 fully saturated rings. The molecule has 2 nitrogen and oxygen atoms in total. The van der Waals surface area contributed by atoms with Crippen LogP contribution in [0, 0.1) is 10.8 Å². The largest absolute Gasteiger partial charge is 0.449 e. The van der Waals surface area contributed by atoms with Crippen molar-refractivity contribution in [1.82, 2.24) is 0 Å². The van der Waals surface area contributed by atoms with E-state index in [-0.39, 0.29) is 12.1 Å². The molecule has 0 aromatic heterocycles. The Morgan fingerprint density at radius 3 is 2.73 bits per heavy atom. The first-order valence-corrected chi connectivity index (χ1v) is 4.28. The van der Waals surface area contributed by atoms with Crippen molar-refractivity contribution in [3.63, 3.8) is 0 Å². The van der Waals surface area contributed by atoms with Crippen molar-refractivity contribution >= 4 is 21.9 Å². The van der Waals surface area contributed by atoms with Gasteiger partial charge in [0.25, 0.3) is 0 Å². The van der Waals surface area contributed by atoms with Crippen molar-refractivity contribution in [2.45, 2.75) is 32.8 Å². The summed E-state index contributed by atoms with van der Waals surface area (Å²) in [5, 5.41) is 0. The van der Waals surface area contributed by atoms with Gasteiger partial charge in [0.05, 0.1) is 0 Å². The van der Waals surface area contributed by atoms with Crippen LogP contribution in [0.4, 0.5) is 0 Å². The molecule has 0 radical (unpaired) electrons. The lowest BCUT2D eigenvalue weighted by Gasteiger charge is -2.08. The lowest BCUT2D eigenvalue weighted by molar-refractivity contribution is -0.143. The molecule has 0 saturated heterocycles. The zero-order chi connectivity index (χ0) is 8.69. The number of hydrogen-bond donors (Lipinski definition) is 0. The van der Waals surface area contributed by atoms with Crippen LogP contribution in [0.1, 0.15) is 26.7 Å². The average Bonchev–Trinajstić information content (AvgIpc) is 1.87. The van der Waals surface area contributed by atoms with E-state index in [4.69, 9.17) is 4.74 Å². The van der Waals surface area contributed by atoms with Gasteiger partial charge in [-0.1, -0.05) is 13.3 Å². The minimum absolute atomic E-state index is 0.253. The summed E-state index contributed by atoms with van der Waals surface area (Å²) in [5.74, 6) is 2.46.